The van der Waals surface area contributed by atoms with Crippen LogP contribution in [-0.2, 0) is 62.0 Å². The van der Waals surface area contributed by atoms with E-state index in [9.17, 15) is 33.6 Å². The third kappa shape index (κ3) is 10.9. The van der Waals surface area contributed by atoms with Crippen molar-refractivity contribution in [2.75, 3.05) is 0 Å². The molecule has 0 aromatic heterocycles. The number of esters is 5. The summed E-state index contributed by atoms with van der Waals surface area (Å²) in [6.07, 6.45) is -8.49. The van der Waals surface area contributed by atoms with Crippen molar-refractivity contribution in [2.45, 2.75) is 111 Å². The first-order valence-electron chi connectivity index (χ1n) is 12.0. The highest BCUT2D eigenvalue weighted by Crippen LogP contribution is 2.30. The summed E-state index contributed by atoms with van der Waals surface area (Å²) in [5.74, 6) is -6.11. The summed E-state index contributed by atoms with van der Waals surface area (Å²) in [6.45, 7) is 11.7. The van der Waals surface area contributed by atoms with Crippen molar-refractivity contribution in [3.05, 3.63) is 0 Å². The number of carbonyl (C=O) groups is 7. The molecule has 2 N–H and O–H groups in total. The molecule has 7 atom stereocenters. The van der Waals surface area contributed by atoms with Crippen LogP contribution < -0.4 is 10.6 Å². The number of hydrogen-bond donors (Lipinski definition) is 2. The van der Waals surface area contributed by atoms with Gasteiger partial charge in [-0.15, -0.1) is 0 Å². The van der Waals surface area contributed by atoms with E-state index in [0.29, 0.717) is 0 Å². The van der Waals surface area contributed by atoms with Crippen LogP contribution in [0.25, 0.3) is 0 Å². The van der Waals surface area contributed by atoms with Crippen LogP contribution in [0.15, 0.2) is 0 Å². The van der Waals surface area contributed by atoms with Gasteiger partial charge in [-0.05, 0) is 34.6 Å². The summed E-state index contributed by atoms with van der Waals surface area (Å²) in [4.78, 5) is 85.2. The quantitative estimate of drug-likeness (QED) is 0.268. The molecule has 1 rings (SSSR count). The average molecular weight is 561 g/mol. The molecule has 0 unspecified atom stereocenters. The van der Waals surface area contributed by atoms with E-state index < -0.39 is 90.1 Å². The van der Waals surface area contributed by atoms with Crippen LogP contribution in [0.4, 0.5) is 0 Å². The van der Waals surface area contributed by atoms with Crippen LogP contribution in [0.1, 0.15) is 62.3 Å². The summed E-state index contributed by atoms with van der Waals surface area (Å²) in [5.41, 5.74) is -0.791. The zero-order chi connectivity index (χ0) is 30.2. The van der Waals surface area contributed by atoms with Crippen LogP contribution >= 0.6 is 0 Å². The van der Waals surface area contributed by atoms with E-state index in [1.165, 1.54) is 13.8 Å². The summed E-state index contributed by atoms with van der Waals surface area (Å²) < 4.78 is 31.3. The normalized spacial score (nSPS) is 24.2. The Labute approximate surface area is 225 Å². The van der Waals surface area contributed by atoms with Gasteiger partial charge < -0.3 is 39.1 Å². The number of hydrogen-bond acceptors (Lipinski definition) is 13. The van der Waals surface area contributed by atoms with Gasteiger partial charge in [0.05, 0.1) is 0 Å². The van der Waals surface area contributed by atoms with Gasteiger partial charge in [-0.2, -0.15) is 0 Å². The molecule has 1 fully saturated rings. The van der Waals surface area contributed by atoms with Crippen molar-refractivity contribution in [1.82, 2.24) is 10.6 Å². The fourth-order valence-corrected chi connectivity index (χ4v) is 3.39. The fourth-order valence-electron chi connectivity index (χ4n) is 3.39. The first-order valence-corrected chi connectivity index (χ1v) is 12.0. The van der Waals surface area contributed by atoms with Crippen molar-refractivity contribution < 1.29 is 62.0 Å². The number of rotatable bonds is 9. The lowest BCUT2D eigenvalue weighted by atomic mass is 9.97. The topological polar surface area (TPSA) is 199 Å². The summed E-state index contributed by atoms with van der Waals surface area (Å²) in [5, 5.41) is 4.74. The Morgan fingerprint density at radius 3 is 1.59 bits per heavy atom. The molecule has 0 aromatic rings. The van der Waals surface area contributed by atoms with Gasteiger partial charge in [-0.3, -0.25) is 28.8 Å². The van der Waals surface area contributed by atoms with Crippen molar-refractivity contribution in [2.24, 2.45) is 0 Å². The predicted molar refractivity (Wildman–Crippen MR) is 128 cm³/mol. The molecule has 0 saturated carbocycles. The lowest BCUT2D eigenvalue weighted by Gasteiger charge is -2.43. The molecule has 1 saturated heterocycles. The third-order valence-electron chi connectivity index (χ3n) is 4.81. The molecule has 1 aliphatic heterocycles. The highest BCUT2D eigenvalue weighted by molar-refractivity contribution is 5.92. The highest BCUT2D eigenvalue weighted by atomic mass is 16.7. The molecule has 15 heteroatoms. The van der Waals surface area contributed by atoms with E-state index in [-0.39, 0.29) is 0 Å². The van der Waals surface area contributed by atoms with E-state index in [1.807, 2.05) is 0 Å². The minimum Gasteiger partial charge on any atom is -0.458 e. The standard InChI is InChI=1S/C24H36N2O13/c1-10(20(31)26-11(2)22(33)39-24(7,8)9)25-21(32)18-16(34-12(3)27)17(35-13(4)28)19(36-14(5)29)23(38-18)37-15(6)30/h10-11,16-19,23H,1-9H3,(H,25,32)(H,26,31)/t10-,11-,16+,17-,18-,19+,23-/m0/s1. The molecular weight excluding hydrogens is 524 g/mol. The maximum atomic E-state index is 13.2. The van der Waals surface area contributed by atoms with Gasteiger partial charge in [-0.1, -0.05) is 0 Å². The van der Waals surface area contributed by atoms with Crippen LogP contribution in [0.2, 0.25) is 0 Å². The van der Waals surface area contributed by atoms with Crippen molar-refractivity contribution >= 4 is 41.7 Å². The Bertz CT molecular complexity index is 974. The molecule has 1 aliphatic rings. The van der Waals surface area contributed by atoms with Crippen LogP contribution in [-0.4, -0.2) is 90.1 Å². The van der Waals surface area contributed by atoms with Gasteiger partial charge >= 0.3 is 29.8 Å². The van der Waals surface area contributed by atoms with Gasteiger partial charge in [0.2, 0.25) is 18.3 Å². The Morgan fingerprint density at radius 2 is 1.13 bits per heavy atom. The summed E-state index contributed by atoms with van der Waals surface area (Å²) >= 11 is 0. The van der Waals surface area contributed by atoms with Gasteiger partial charge in [0, 0.05) is 27.7 Å². The molecule has 2 amide bonds. The van der Waals surface area contributed by atoms with Gasteiger partial charge in [0.1, 0.15) is 17.7 Å². The van der Waals surface area contributed by atoms with Gasteiger partial charge in [-0.25, -0.2) is 4.79 Å². The van der Waals surface area contributed by atoms with E-state index in [2.05, 4.69) is 10.6 Å². The minimum atomic E-state index is -1.80. The average Bonchev–Trinajstić information content (AvgIpc) is 2.74. The molecule has 0 aromatic carbocycles. The Balaban J connectivity index is 3.23. The highest BCUT2D eigenvalue weighted by Gasteiger charge is 2.55. The van der Waals surface area contributed by atoms with Crippen molar-refractivity contribution in [1.29, 1.82) is 0 Å². The molecular formula is C24H36N2O13. The van der Waals surface area contributed by atoms with Gasteiger partial charge in [0.25, 0.3) is 5.91 Å². The van der Waals surface area contributed by atoms with E-state index >= 15 is 0 Å². The Kier molecular flexibility index (Phi) is 11.8. The first-order chi connectivity index (χ1) is 17.8. The maximum Gasteiger partial charge on any atom is 0.328 e. The van der Waals surface area contributed by atoms with E-state index in [1.54, 1.807) is 20.8 Å². The summed E-state index contributed by atoms with van der Waals surface area (Å²) in [7, 11) is 0. The molecule has 0 spiro atoms. The molecule has 15 nitrogen and oxygen atoms in total. The van der Waals surface area contributed by atoms with E-state index in [4.69, 9.17) is 28.4 Å². The lowest BCUT2D eigenvalue weighted by molar-refractivity contribution is -0.290. The minimum absolute atomic E-state index is 0.704. The van der Waals surface area contributed by atoms with Crippen LogP contribution in [0.3, 0.4) is 0 Å². The maximum absolute atomic E-state index is 13.2. The Hall–Kier alpha value is -3.75. The van der Waals surface area contributed by atoms with Crippen molar-refractivity contribution in [3.63, 3.8) is 0 Å². The first kappa shape index (κ1) is 33.3. The zero-order valence-electron chi connectivity index (χ0n) is 23.3. The number of amides is 2. The van der Waals surface area contributed by atoms with E-state index in [0.717, 1.165) is 27.7 Å². The molecule has 1 heterocycles. The van der Waals surface area contributed by atoms with Crippen molar-refractivity contribution in [3.8, 4) is 0 Å². The number of ether oxygens (including phenoxy) is 6. The molecule has 39 heavy (non-hydrogen) atoms. The molecule has 0 bridgehead atoms. The third-order valence-corrected chi connectivity index (χ3v) is 4.81. The number of nitrogens with one attached hydrogen (secondary N) is 2. The molecule has 0 aliphatic carbocycles. The molecule has 0 radical (unpaired) electrons. The number of carbonyl (C=O) groups excluding carboxylic acids is 7. The second kappa shape index (κ2) is 13.9. The SMILES string of the molecule is CC(=O)O[C@H]1O[C@H](C(=O)N[C@@H](C)C(=O)N[C@@H](C)C(=O)OC(C)(C)C)[C@H](OC(C)=O)[C@H](OC(C)=O)[C@H]1OC(C)=O. The predicted octanol–water partition coefficient (Wildman–Crippen LogP) is -0.579. The smallest absolute Gasteiger partial charge is 0.328 e. The second-order valence-electron chi connectivity index (χ2n) is 9.75. The van der Waals surface area contributed by atoms with Gasteiger partial charge in [0.15, 0.2) is 18.3 Å². The Morgan fingerprint density at radius 1 is 0.667 bits per heavy atom. The summed E-state index contributed by atoms with van der Waals surface area (Å²) in [6, 6.07) is -2.31. The molecule has 220 valence electrons. The fraction of sp³-hybridized carbons (Fsp3) is 0.708. The largest absolute Gasteiger partial charge is 0.458 e. The zero-order valence-corrected chi connectivity index (χ0v) is 23.3. The van der Waals surface area contributed by atoms with Crippen LogP contribution in [0, 0.1) is 0 Å². The second-order valence-corrected chi connectivity index (χ2v) is 9.75. The van der Waals surface area contributed by atoms with Crippen LogP contribution in [0.5, 0.6) is 0 Å². The monoisotopic (exact) mass is 560 g/mol. The lowest BCUT2D eigenvalue weighted by Crippen LogP contribution is -2.66.